The Labute approximate surface area is 192 Å². The summed E-state index contributed by atoms with van der Waals surface area (Å²) in [4.78, 5) is 12.9. The maximum Gasteiger partial charge on any atom is 0.225 e. The first-order chi connectivity index (χ1) is 15.7. The van der Waals surface area contributed by atoms with Crippen molar-refractivity contribution >= 4 is 24.4 Å². The van der Waals surface area contributed by atoms with Crippen molar-refractivity contribution in [3.05, 3.63) is 12.7 Å². The van der Waals surface area contributed by atoms with Crippen molar-refractivity contribution in [1.82, 2.24) is 19.5 Å². The van der Waals surface area contributed by atoms with Crippen LogP contribution in [-0.4, -0.2) is 84.3 Å². The third-order valence-corrected chi connectivity index (χ3v) is 7.84. The summed E-state index contributed by atoms with van der Waals surface area (Å²) in [6.45, 7) is 5.74. The van der Waals surface area contributed by atoms with E-state index in [2.05, 4.69) is 15.0 Å². The van der Waals surface area contributed by atoms with Crippen LogP contribution >= 0.6 is 7.37 Å². The highest BCUT2D eigenvalue weighted by Crippen LogP contribution is 2.69. The lowest BCUT2D eigenvalue weighted by Crippen LogP contribution is -2.52. The van der Waals surface area contributed by atoms with Gasteiger partial charge in [0.05, 0.1) is 19.0 Å². The molecule has 2 aromatic rings. The average Bonchev–Trinajstić information content (AvgIpc) is 3.24. The largest absolute Gasteiger partial charge is 0.382 e. The molecular formula is C20H32N5O7P. The van der Waals surface area contributed by atoms with Crippen molar-refractivity contribution in [3.63, 3.8) is 0 Å². The fourth-order valence-electron chi connectivity index (χ4n) is 5.13. The Morgan fingerprint density at radius 1 is 1.21 bits per heavy atom. The molecule has 0 aliphatic heterocycles. The van der Waals surface area contributed by atoms with Crippen LogP contribution in [0.3, 0.4) is 0 Å². The second kappa shape index (κ2) is 9.18. The lowest BCUT2D eigenvalue weighted by Gasteiger charge is -2.40. The van der Waals surface area contributed by atoms with Gasteiger partial charge in [-0.15, -0.1) is 0 Å². The number of hydrogen-bond donors (Lipinski definition) is 1. The summed E-state index contributed by atoms with van der Waals surface area (Å²) in [5.41, 5.74) is 5.46. The van der Waals surface area contributed by atoms with Crippen molar-refractivity contribution < 1.29 is 32.8 Å². The van der Waals surface area contributed by atoms with E-state index in [1.165, 1.54) is 6.33 Å². The first-order valence-electron chi connectivity index (χ1n) is 10.8. The van der Waals surface area contributed by atoms with Crippen LogP contribution in [0.1, 0.15) is 26.3 Å². The molecule has 33 heavy (non-hydrogen) atoms. The molecule has 2 N–H and O–H groups in total. The summed E-state index contributed by atoms with van der Waals surface area (Å²) >= 11 is 0. The highest BCUT2D eigenvalue weighted by molar-refractivity contribution is 7.57. The molecule has 0 amide bonds. The topological polar surface area (TPSA) is 142 Å². The molecule has 2 aliphatic rings. The van der Waals surface area contributed by atoms with Crippen molar-refractivity contribution in [2.75, 3.05) is 53.2 Å². The van der Waals surface area contributed by atoms with Crippen LogP contribution in [0.4, 0.5) is 5.82 Å². The Morgan fingerprint density at radius 3 is 2.67 bits per heavy atom. The van der Waals surface area contributed by atoms with Crippen LogP contribution in [0.2, 0.25) is 0 Å². The van der Waals surface area contributed by atoms with Crippen LogP contribution in [0, 0.1) is 5.92 Å². The zero-order chi connectivity index (χ0) is 23.9. The minimum Gasteiger partial charge on any atom is -0.382 e. The third-order valence-electron chi connectivity index (χ3n) is 6.44. The number of imidazole rings is 1. The van der Waals surface area contributed by atoms with Gasteiger partial charge in [-0.25, -0.2) is 15.0 Å². The van der Waals surface area contributed by atoms with E-state index in [9.17, 15) is 4.57 Å². The highest BCUT2D eigenvalue weighted by atomic mass is 31.2. The predicted molar refractivity (Wildman–Crippen MR) is 119 cm³/mol. The summed E-state index contributed by atoms with van der Waals surface area (Å²) < 4.78 is 49.4. The molecule has 4 rings (SSSR count). The quantitative estimate of drug-likeness (QED) is 0.348. The van der Waals surface area contributed by atoms with Gasteiger partial charge in [0, 0.05) is 26.8 Å². The van der Waals surface area contributed by atoms with E-state index in [4.69, 9.17) is 33.9 Å². The minimum atomic E-state index is -2.93. The maximum absolute atomic E-state index is 12.8. The van der Waals surface area contributed by atoms with E-state index in [0.29, 0.717) is 30.0 Å². The predicted octanol–water partition coefficient (Wildman–Crippen LogP) is 2.01. The van der Waals surface area contributed by atoms with Gasteiger partial charge in [-0.2, -0.15) is 0 Å². The van der Waals surface area contributed by atoms with Crippen LogP contribution in [0.5, 0.6) is 0 Å². The molecule has 0 bridgehead atoms. The molecule has 2 fully saturated rings. The van der Waals surface area contributed by atoms with Crippen LogP contribution in [0.25, 0.3) is 11.2 Å². The summed E-state index contributed by atoms with van der Waals surface area (Å²) in [6.07, 6.45) is 3.18. The van der Waals surface area contributed by atoms with Crippen LogP contribution < -0.4 is 5.73 Å². The summed E-state index contributed by atoms with van der Waals surface area (Å²) in [5, 5.41) is 0. The van der Waals surface area contributed by atoms with Gasteiger partial charge in [-0.05, 0) is 20.3 Å². The molecule has 0 radical (unpaired) electrons. The number of ether oxygens (including phenoxy) is 5. The zero-order valence-electron chi connectivity index (χ0n) is 19.6. The molecule has 2 heterocycles. The van der Waals surface area contributed by atoms with Gasteiger partial charge in [0.1, 0.15) is 49.1 Å². The van der Waals surface area contributed by atoms with Gasteiger partial charge >= 0.3 is 0 Å². The number of fused-ring (bicyclic) bond motifs is 2. The molecule has 2 aliphatic carbocycles. The van der Waals surface area contributed by atoms with Gasteiger partial charge in [0.25, 0.3) is 0 Å². The van der Waals surface area contributed by atoms with E-state index >= 15 is 0 Å². The number of methoxy groups -OCH3 is 2. The summed E-state index contributed by atoms with van der Waals surface area (Å²) in [5.74, 6) is 0.266. The fourth-order valence-corrected chi connectivity index (χ4v) is 6.22. The lowest BCUT2D eigenvalue weighted by atomic mass is 9.91. The summed E-state index contributed by atoms with van der Waals surface area (Å²) in [7, 11) is 0.176. The number of nitrogen functional groups attached to an aromatic ring is 1. The van der Waals surface area contributed by atoms with Gasteiger partial charge in [0.15, 0.2) is 11.5 Å². The Hall–Kier alpha value is -1.66. The third kappa shape index (κ3) is 4.18. The fraction of sp³-hybridized carbons (Fsp3) is 0.750. The number of nitrogens with zero attached hydrogens (tertiary/aromatic N) is 4. The van der Waals surface area contributed by atoms with Gasteiger partial charge in [-0.1, -0.05) is 0 Å². The molecule has 2 aromatic heterocycles. The first kappa shape index (κ1) is 24.5. The van der Waals surface area contributed by atoms with Crippen molar-refractivity contribution in [2.45, 2.75) is 43.6 Å². The van der Waals surface area contributed by atoms with Crippen molar-refractivity contribution in [3.8, 4) is 0 Å². The number of anilines is 1. The normalized spacial score (nSPS) is 32.7. The van der Waals surface area contributed by atoms with E-state index in [1.54, 1.807) is 34.1 Å². The average molecular weight is 485 g/mol. The van der Waals surface area contributed by atoms with E-state index in [0.717, 1.165) is 0 Å². The Morgan fingerprint density at radius 2 is 1.97 bits per heavy atom. The molecule has 6 atom stereocenters. The molecule has 2 saturated carbocycles. The molecule has 0 spiro atoms. The molecular weight excluding hydrogens is 453 g/mol. The Bertz CT molecular complexity index is 1040. The highest BCUT2D eigenvalue weighted by Gasteiger charge is 2.79. The number of nitrogens with two attached hydrogens (primary N) is 1. The Kier molecular flexibility index (Phi) is 6.81. The van der Waals surface area contributed by atoms with E-state index < -0.39 is 24.7 Å². The summed E-state index contributed by atoms with van der Waals surface area (Å²) in [6, 6.07) is -0.280. The SMILES string of the molecule is CCOP(C)(=O)CO[C@@]12CC1[C@@H](n1cnc3c(N)ncnc31)[C@@](C)(OCOC)C2OCOC. The molecule has 0 saturated heterocycles. The van der Waals surface area contributed by atoms with Crippen LogP contribution in [0.15, 0.2) is 12.7 Å². The molecule has 0 aromatic carbocycles. The van der Waals surface area contributed by atoms with E-state index in [1.807, 2.05) is 11.5 Å². The van der Waals surface area contributed by atoms with Gasteiger partial charge in [-0.3, -0.25) is 4.57 Å². The van der Waals surface area contributed by atoms with Gasteiger partial charge in [0.2, 0.25) is 7.37 Å². The lowest BCUT2D eigenvalue weighted by molar-refractivity contribution is -0.230. The van der Waals surface area contributed by atoms with Crippen molar-refractivity contribution in [1.29, 1.82) is 0 Å². The standard InChI is InChI=1S/C20H32N5O7P/c1-6-32-33(5,26)12-31-20-7-13(20)15(19(2,30-11-28-4)18(20)29-10-27-3)25-9-24-14-16(21)22-8-23-17(14)25/h8-9,13,15,18H,6-7,10-12H2,1-5H3,(H2,21,22,23)/t13?,15-,18?,19-,20+,33?/m1/s1. The molecule has 184 valence electrons. The smallest absolute Gasteiger partial charge is 0.225 e. The van der Waals surface area contributed by atoms with Crippen LogP contribution in [-0.2, 0) is 32.8 Å². The number of rotatable bonds is 12. The molecule has 12 nitrogen and oxygen atoms in total. The Balaban J connectivity index is 1.75. The van der Waals surface area contributed by atoms with E-state index in [-0.39, 0.29) is 31.9 Å². The second-order valence-electron chi connectivity index (χ2n) is 8.69. The number of hydrogen-bond acceptors (Lipinski definition) is 11. The van der Waals surface area contributed by atoms with Gasteiger partial charge < -0.3 is 38.5 Å². The minimum absolute atomic E-state index is 0.0307. The first-order valence-corrected chi connectivity index (χ1v) is 13.0. The maximum atomic E-state index is 12.8. The second-order valence-corrected chi connectivity index (χ2v) is 11.2. The van der Waals surface area contributed by atoms with Crippen molar-refractivity contribution in [2.24, 2.45) is 5.92 Å². The molecule has 13 heteroatoms. The monoisotopic (exact) mass is 485 g/mol. The zero-order valence-corrected chi connectivity index (χ0v) is 20.5. The molecule has 3 unspecified atom stereocenters. The number of aromatic nitrogens is 4.